The van der Waals surface area contributed by atoms with Gasteiger partial charge in [0.15, 0.2) is 11.2 Å². The zero-order valence-corrected chi connectivity index (χ0v) is 17.1. The summed E-state index contributed by atoms with van der Waals surface area (Å²) in [6.45, 7) is 8.28. The summed E-state index contributed by atoms with van der Waals surface area (Å²) in [5, 5.41) is 9.35. The van der Waals surface area contributed by atoms with Crippen molar-refractivity contribution in [3.63, 3.8) is 0 Å². The summed E-state index contributed by atoms with van der Waals surface area (Å²) in [6, 6.07) is -0.156. The van der Waals surface area contributed by atoms with Crippen LogP contribution in [-0.2, 0) is 4.74 Å². The van der Waals surface area contributed by atoms with Gasteiger partial charge in [-0.25, -0.2) is 14.5 Å². The molecule has 2 aromatic rings. The molecule has 26 heavy (non-hydrogen) atoms. The van der Waals surface area contributed by atoms with Gasteiger partial charge in [0.1, 0.15) is 10.6 Å². The minimum atomic E-state index is -0.526. The number of amides is 1. The molecule has 2 atom stereocenters. The monoisotopic (exact) mass is 398 g/mol. The zero-order valence-electron chi connectivity index (χ0n) is 15.6. The van der Waals surface area contributed by atoms with Gasteiger partial charge >= 0.3 is 6.09 Å². The average Bonchev–Trinajstić information content (AvgIpc) is 3.18. The van der Waals surface area contributed by atoms with E-state index in [9.17, 15) is 4.79 Å². The molecule has 1 amide bonds. The molecule has 3 heterocycles. The molecular formula is C16H23ClN6O2S. The number of fused-ring (bicyclic) bond motifs is 1. The highest BCUT2D eigenvalue weighted by molar-refractivity contribution is 7.98. The van der Waals surface area contributed by atoms with Crippen molar-refractivity contribution in [1.82, 2.24) is 29.9 Å². The molecule has 1 fully saturated rings. The number of aromatic nitrogens is 5. The summed E-state index contributed by atoms with van der Waals surface area (Å²) < 4.78 is 7.29. The van der Waals surface area contributed by atoms with E-state index in [2.05, 4.69) is 20.3 Å². The molecule has 0 radical (unpaired) electrons. The summed E-state index contributed by atoms with van der Waals surface area (Å²) in [5.74, 6) is 0. The van der Waals surface area contributed by atoms with E-state index in [1.807, 2.05) is 34.0 Å². The molecule has 0 aromatic carbocycles. The van der Waals surface area contributed by atoms with Crippen LogP contribution in [0.3, 0.4) is 0 Å². The molecule has 10 heteroatoms. The van der Waals surface area contributed by atoms with Gasteiger partial charge in [-0.1, -0.05) is 5.21 Å². The minimum absolute atomic E-state index is 0.0405. The molecular weight excluding hydrogens is 376 g/mol. The second-order valence-electron chi connectivity index (χ2n) is 7.33. The maximum atomic E-state index is 12.6. The lowest BCUT2D eigenvalue weighted by Gasteiger charge is -2.31. The van der Waals surface area contributed by atoms with E-state index in [0.29, 0.717) is 22.7 Å². The molecule has 0 N–H and O–H groups in total. The molecule has 1 unspecified atom stereocenters. The first-order valence-electron chi connectivity index (χ1n) is 8.53. The number of ether oxygens (including phenoxy) is 1. The lowest BCUT2D eigenvalue weighted by molar-refractivity contribution is 0.0185. The highest BCUT2D eigenvalue weighted by Crippen LogP contribution is 2.31. The van der Waals surface area contributed by atoms with Gasteiger partial charge in [0, 0.05) is 6.54 Å². The van der Waals surface area contributed by atoms with Gasteiger partial charge in [-0.2, -0.15) is 4.98 Å². The maximum absolute atomic E-state index is 12.6. The van der Waals surface area contributed by atoms with Crippen LogP contribution in [0.2, 0.25) is 5.28 Å². The van der Waals surface area contributed by atoms with Crippen molar-refractivity contribution in [3.05, 3.63) is 5.28 Å². The first-order valence-corrected chi connectivity index (χ1v) is 10.1. The Balaban J connectivity index is 1.91. The summed E-state index contributed by atoms with van der Waals surface area (Å²) in [5.41, 5.74) is 0.676. The molecule has 1 aliphatic heterocycles. The Morgan fingerprint density at radius 1 is 1.38 bits per heavy atom. The second kappa shape index (κ2) is 7.19. The Labute approximate surface area is 161 Å². The number of carbonyl (C=O) groups excluding carboxylic acids is 1. The van der Waals surface area contributed by atoms with Gasteiger partial charge in [0.25, 0.3) is 0 Å². The van der Waals surface area contributed by atoms with E-state index in [4.69, 9.17) is 16.3 Å². The second-order valence-corrected chi connectivity index (χ2v) is 8.47. The molecule has 0 spiro atoms. The molecule has 0 saturated carbocycles. The SMILES string of the molecule is CSc1nc(Cl)nc2c1nnn2C(C)[C@@H]1CCCN1C(=O)OC(C)(C)C. The smallest absolute Gasteiger partial charge is 0.410 e. The fraction of sp³-hybridized carbons (Fsp3) is 0.688. The fourth-order valence-corrected chi connectivity index (χ4v) is 3.92. The molecule has 1 saturated heterocycles. The van der Waals surface area contributed by atoms with Crippen molar-refractivity contribution in [2.45, 2.75) is 63.2 Å². The highest BCUT2D eigenvalue weighted by Gasteiger charge is 2.37. The Bertz CT molecular complexity index is 821. The van der Waals surface area contributed by atoms with Crippen LogP contribution in [0, 0.1) is 0 Å². The zero-order chi connectivity index (χ0) is 19.1. The van der Waals surface area contributed by atoms with Crippen LogP contribution < -0.4 is 0 Å². The van der Waals surface area contributed by atoms with E-state index >= 15 is 0 Å². The van der Waals surface area contributed by atoms with Gasteiger partial charge < -0.3 is 9.64 Å². The number of likely N-dealkylation sites (tertiary alicyclic amines) is 1. The van der Waals surface area contributed by atoms with Gasteiger partial charge in [0.05, 0.1) is 12.1 Å². The molecule has 142 valence electrons. The van der Waals surface area contributed by atoms with E-state index in [1.165, 1.54) is 11.8 Å². The van der Waals surface area contributed by atoms with Crippen LogP contribution in [0.15, 0.2) is 5.03 Å². The van der Waals surface area contributed by atoms with E-state index in [1.54, 1.807) is 9.58 Å². The number of rotatable bonds is 3. The first kappa shape index (κ1) is 19.2. The number of carbonyl (C=O) groups is 1. The van der Waals surface area contributed by atoms with Gasteiger partial charge in [-0.15, -0.1) is 16.9 Å². The third kappa shape index (κ3) is 3.73. The van der Waals surface area contributed by atoms with Crippen molar-refractivity contribution >= 4 is 40.6 Å². The van der Waals surface area contributed by atoms with E-state index in [-0.39, 0.29) is 23.5 Å². The summed E-state index contributed by atoms with van der Waals surface area (Å²) in [6.07, 6.45) is 3.40. The van der Waals surface area contributed by atoms with E-state index in [0.717, 1.165) is 12.8 Å². The summed E-state index contributed by atoms with van der Waals surface area (Å²) in [4.78, 5) is 22.9. The van der Waals surface area contributed by atoms with Crippen LogP contribution in [-0.4, -0.2) is 60.4 Å². The van der Waals surface area contributed by atoms with Crippen LogP contribution >= 0.6 is 23.4 Å². The van der Waals surface area contributed by atoms with Crippen molar-refractivity contribution < 1.29 is 9.53 Å². The Morgan fingerprint density at radius 2 is 2.12 bits per heavy atom. The van der Waals surface area contributed by atoms with Crippen molar-refractivity contribution in [2.24, 2.45) is 0 Å². The van der Waals surface area contributed by atoms with Crippen LogP contribution in [0.5, 0.6) is 0 Å². The number of thioether (sulfide) groups is 1. The highest BCUT2D eigenvalue weighted by atomic mass is 35.5. The Kier molecular flexibility index (Phi) is 5.30. The van der Waals surface area contributed by atoms with Gasteiger partial charge in [-0.05, 0) is 58.4 Å². The van der Waals surface area contributed by atoms with Gasteiger partial charge in [0.2, 0.25) is 5.28 Å². The molecule has 2 aromatic heterocycles. The third-order valence-corrected chi connectivity index (χ3v) is 5.17. The Hall–Kier alpha value is -1.61. The molecule has 0 bridgehead atoms. The number of nitrogens with zero attached hydrogens (tertiary/aromatic N) is 6. The third-order valence-electron chi connectivity index (χ3n) is 4.33. The lowest BCUT2D eigenvalue weighted by Crippen LogP contribution is -2.43. The number of hydrogen-bond donors (Lipinski definition) is 0. The van der Waals surface area contributed by atoms with Crippen LogP contribution in [0.25, 0.3) is 11.2 Å². The normalized spacial score (nSPS) is 19.2. The average molecular weight is 399 g/mol. The maximum Gasteiger partial charge on any atom is 0.410 e. The quantitative estimate of drug-likeness (QED) is 0.443. The molecule has 1 aliphatic rings. The number of halogens is 1. The number of hydrogen-bond acceptors (Lipinski definition) is 7. The Morgan fingerprint density at radius 3 is 2.77 bits per heavy atom. The van der Waals surface area contributed by atoms with Crippen molar-refractivity contribution in [3.8, 4) is 0 Å². The van der Waals surface area contributed by atoms with Crippen molar-refractivity contribution in [2.75, 3.05) is 12.8 Å². The van der Waals surface area contributed by atoms with Gasteiger partial charge in [-0.3, -0.25) is 0 Å². The van der Waals surface area contributed by atoms with Crippen LogP contribution in [0.4, 0.5) is 4.79 Å². The first-order chi connectivity index (χ1) is 12.2. The molecule has 0 aliphatic carbocycles. The topological polar surface area (TPSA) is 86.0 Å². The van der Waals surface area contributed by atoms with Crippen LogP contribution in [0.1, 0.15) is 46.6 Å². The fourth-order valence-electron chi connectivity index (χ4n) is 3.20. The van der Waals surface area contributed by atoms with Crippen molar-refractivity contribution in [1.29, 1.82) is 0 Å². The minimum Gasteiger partial charge on any atom is -0.444 e. The van der Waals surface area contributed by atoms with E-state index < -0.39 is 5.60 Å². The summed E-state index contributed by atoms with van der Waals surface area (Å²) in [7, 11) is 0. The summed E-state index contributed by atoms with van der Waals surface area (Å²) >= 11 is 7.50. The lowest BCUT2D eigenvalue weighted by atomic mass is 10.1. The standard InChI is InChI=1S/C16H23ClN6O2S/c1-9(10-7-6-8-22(10)15(24)25-16(2,3)4)23-12-11(20-21-23)13(26-5)19-14(17)18-12/h9-10H,6-8H2,1-5H3/t9?,10-/m0/s1. The largest absolute Gasteiger partial charge is 0.444 e. The predicted octanol–water partition coefficient (Wildman–Crippen LogP) is 3.56. The predicted molar refractivity (Wildman–Crippen MR) is 101 cm³/mol. The molecule has 3 rings (SSSR count). The molecule has 8 nitrogen and oxygen atoms in total.